The summed E-state index contributed by atoms with van der Waals surface area (Å²) in [5.74, 6) is 0.837. The molecule has 1 aromatic rings. The van der Waals surface area contributed by atoms with Crippen LogP contribution in [0.2, 0.25) is 4.34 Å². The van der Waals surface area contributed by atoms with Crippen LogP contribution in [-0.2, 0) is 11.2 Å². The lowest BCUT2D eigenvalue weighted by Gasteiger charge is -2.33. The van der Waals surface area contributed by atoms with Crippen molar-refractivity contribution in [1.29, 1.82) is 0 Å². The van der Waals surface area contributed by atoms with Gasteiger partial charge in [0, 0.05) is 24.4 Å². The van der Waals surface area contributed by atoms with Crippen molar-refractivity contribution >= 4 is 29.0 Å². The van der Waals surface area contributed by atoms with Gasteiger partial charge in [-0.1, -0.05) is 11.6 Å². The van der Waals surface area contributed by atoms with Crippen molar-refractivity contribution in [1.82, 2.24) is 4.90 Å². The van der Waals surface area contributed by atoms with Crippen LogP contribution in [0.25, 0.3) is 0 Å². The minimum Gasteiger partial charge on any atom is -0.490 e. The van der Waals surface area contributed by atoms with E-state index in [1.54, 1.807) is 11.9 Å². The smallest absolute Gasteiger partial charge is 0.410 e. The number of thiophene rings is 1. The SMILES string of the molecule is CN(C(=O)OC(C)(C)C)C1COc2csc(Cl)c2C1. The van der Waals surface area contributed by atoms with Gasteiger partial charge in [0.1, 0.15) is 18.0 Å². The summed E-state index contributed by atoms with van der Waals surface area (Å²) in [6.07, 6.45) is 0.365. The number of amides is 1. The maximum atomic E-state index is 12.0. The molecule has 2 rings (SSSR count). The zero-order valence-electron chi connectivity index (χ0n) is 11.5. The fourth-order valence-electron chi connectivity index (χ4n) is 1.86. The van der Waals surface area contributed by atoms with E-state index in [9.17, 15) is 4.79 Å². The Morgan fingerprint density at radius 1 is 1.58 bits per heavy atom. The normalized spacial score (nSPS) is 18.5. The van der Waals surface area contributed by atoms with Crippen molar-refractivity contribution in [2.24, 2.45) is 0 Å². The maximum Gasteiger partial charge on any atom is 0.410 e. The number of rotatable bonds is 1. The van der Waals surface area contributed by atoms with Crippen LogP contribution < -0.4 is 4.74 Å². The summed E-state index contributed by atoms with van der Waals surface area (Å²) < 4.78 is 11.7. The molecule has 0 spiro atoms. The van der Waals surface area contributed by atoms with Crippen LogP contribution in [-0.4, -0.2) is 36.3 Å². The second-order valence-electron chi connectivity index (χ2n) is 5.61. The van der Waals surface area contributed by atoms with E-state index < -0.39 is 5.60 Å². The molecule has 0 saturated carbocycles. The third kappa shape index (κ3) is 3.34. The Labute approximate surface area is 122 Å². The Hall–Kier alpha value is -0.940. The summed E-state index contributed by atoms with van der Waals surface area (Å²) in [7, 11) is 1.73. The predicted molar refractivity (Wildman–Crippen MR) is 76.3 cm³/mol. The van der Waals surface area contributed by atoms with E-state index in [1.807, 2.05) is 26.2 Å². The first-order valence-corrected chi connectivity index (χ1v) is 7.38. The minimum atomic E-state index is -0.494. The number of carbonyl (C=O) groups excluding carboxylic acids is 1. The summed E-state index contributed by atoms with van der Waals surface area (Å²) in [4.78, 5) is 13.6. The molecule has 0 aromatic carbocycles. The van der Waals surface area contributed by atoms with Gasteiger partial charge in [0.15, 0.2) is 0 Å². The fraction of sp³-hybridized carbons (Fsp3) is 0.615. The Balaban J connectivity index is 2.04. The third-order valence-electron chi connectivity index (χ3n) is 2.90. The largest absolute Gasteiger partial charge is 0.490 e. The number of hydrogen-bond donors (Lipinski definition) is 0. The molecule has 0 aliphatic carbocycles. The second-order valence-corrected chi connectivity index (χ2v) is 7.09. The van der Waals surface area contributed by atoms with E-state index in [-0.39, 0.29) is 12.1 Å². The molecule has 2 heterocycles. The first-order chi connectivity index (χ1) is 8.78. The molecular weight excluding hydrogens is 286 g/mol. The van der Waals surface area contributed by atoms with Crippen molar-refractivity contribution in [3.8, 4) is 5.75 Å². The summed E-state index contributed by atoms with van der Waals surface area (Å²) in [6, 6.07) is -0.0468. The van der Waals surface area contributed by atoms with Crippen LogP contribution in [0.4, 0.5) is 4.79 Å². The predicted octanol–water partition coefficient (Wildman–Crippen LogP) is 3.57. The molecule has 4 nitrogen and oxygen atoms in total. The molecule has 1 aliphatic heterocycles. The van der Waals surface area contributed by atoms with Gasteiger partial charge in [-0.2, -0.15) is 0 Å². The van der Waals surface area contributed by atoms with Gasteiger partial charge < -0.3 is 14.4 Å². The molecule has 106 valence electrons. The van der Waals surface area contributed by atoms with Crippen molar-refractivity contribution in [2.75, 3.05) is 13.7 Å². The highest BCUT2D eigenvalue weighted by Crippen LogP contribution is 2.37. The van der Waals surface area contributed by atoms with Crippen LogP contribution in [0.15, 0.2) is 5.38 Å². The molecule has 1 atom stereocenters. The number of hydrogen-bond acceptors (Lipinski definition) is 4. The lowest BCUT2D eigenvalue weighted by atomic mass is 10.1. The summed E-state index contributed by atoms with van der Waals surface area (Å²) in [6.45, 7) is 6.02. The van der Waals surface area contributed by atoms with Gasteiger partial charge in [0.05, 0.1) is 10.4 Å². The van der Waals surface area contributed by atoms with E-state index in [1.165, 1.54) is 11.3 Å². The van der Waals surface area contributed by atoms with Gasteiger partial charge in [-0.25, -0.2) is 4.79 Å². The summed E-state index contributed by atoms with van der Waals surface area (Å²) in [5, 5.41) is 1.90. The highest BCUT2D eigenvalue weighted by atomic mass is 35.5. The molecule has 1 unspecified atom stereocenters. The highest BCUT2D eigenvalue weighted by molar-refractivity contribution is 7.14. The highest BCUT2D eigenvalue weighted by Gasteiger charge is 2.30. The van der Waals surface area contributed by atoms with Gasteiger partial charge in [0.2, 0.25) is 0 Å². The quantitative estimate of drug-likeness (QED) is 0.796. The molecule has 0 saturated heterocycles. The number of nitrogens with zero attached hydrogens (tertiary/aromatic N) is 1. The van der Waals surface area contributed by atoms with E-state index >= 15 is 0 Å². The molecule has 0 fully saturated rings. The van der Waals surface area contributed by atoms with Gasteiger partial charge in [-0.3, -0.25) is 0 Å². The first-order valence-electron chi connectivity index (χ1n) is 6.12. The fourth-order valence-corrected chi connectivity index (χ4v) is 2.91. The van der Waals surface area contributed by atoms with Crippen LogP contribution in [0, 0.1) is 0 Å². The topological polar surface area (TPSA) is 38.8 Å². The van der Waals surface area contributed by atoms with Crippen LogP contribution >= 0.6 is 22.9 Å². The van der Waals surface area contributed by atoms with Crippen molar-refractivity contribution < 1.29 is 14.3 Å². The Morgan fingerprint density at radius 3 is 2.89 bits per heavy atom. The van der Waals surface area contributed by atoms with Gasteiger partial charge >= 0.3 is 6.09 Å². The van der Waals surface area contributed by atoms with Gasteiger partial charge in [-0.05, 0) is 20.8 Å². The van der Waals surface area contributed by atoms with E-state index in [2.05, 4.69) is 0 Å². The zero-order valence-corrected chi connectivity index (χ0v) is 13.1. The molecule has 1 amide bonds. The molecule has 1 aliphatic rings. The summed E-state index contributed by atoms with van der Waals surface area (Å²) in [5.41, 5.74) is 0.491. The Bertz CT molecular complexity index is 481. The number of fused-ring (bicyclic) bond motifs is 1. The van der Waals surface area contributed by atoms with Crippen molar-refractivity contribution in [3.05, 3.63) is 15.3 Å². The van der Waals surface area contributed by atoms with Gasteiger partial charge in [0.25, 0.3) is 0 Å². The molecular formula is C13H18ClNO3S. The average Bonchev–Trinajstić information content (AvgIpc) is 2.67. The van der Waals surface area contributed by atoms with E-state index in [0.717, 1.165) is 15.6 Å². The number of carbonyl (C=O) groups is 1. The number of likely N-dealkylation sites (N-methyl/N-ethyl adjacent to an activating group) is 1. The number of ether oxygens (including phenoxy) is 2. The van der Waals surface area contributed by atoms with Crippen LogP contribution in [0.1, 0.15) is 26.3 Å². The van der Waals surface area contributed by atoms with Crippen molar-refractivity contribution in [3.63, 3.8) is 0 Å². The summed E-state index contributed by atoms with van der Waals surface area (Å²) >= 11 is 7.58. The van der Waals surface area contributed by atoms with E-state index in [0.29, 0.717) is 13.0 Å². The number of halogens is 1. The molecule has 0 radical (unpaired) electrons. The van der Waals surface area contributed by atoms with Crippen LogP contribution in [0.3, 0.4) is 0 Å². The maximum absolute atomic E-state index is 12.0. The monoisotopic (exact) mass is 303 g/mol. The van der Waals surface area contributed by atoms with E-state index in [4.69, 9.17) is 21.1 Å². The van der Waals surface area contributed by atoms with Crippen molar-refractivity contribution in [2.45, 2.75) is 38.8 Å². The third-order valence-corrected chi connectivity index (χ3v) is 4.18. The average molecular weight is 304 g/mol. The minimum absolute atomic E-state index is 0.0468. The lowest BCUT2D eigenvalue weighted by molar-refractivity contribution is 0.0160. The zero-order chi connectivity index (χ0) is 14.2. The molecule has 0 N–H and O–H groups in total. The molecule has 6 heteroatoms. The lowest BCUT2D eigenvalue weighted by Crippen LogP contribution is -2.46. The first kappa shape index (κ1) is 14.5. The molecule has 1 aromatic heterocycles. The standard InChI is InChI=1S/C13H18ClNO3S/c1-13(2,3)18-12(16)15(4)8-5-9-10(17-6-8)7-19-11(9)14/h7-8H,5-6H2,1-4H3. The Kier molecular flexibility index (Phi) is 3.97. The molecule has 19 heavy (non-hydrogen) atoms. The second kappa shape index (κ2) is 5.21. The van der Waals surface area contributed by atoms with Crippen LogP contribution in [0.5, 0.6) is 5.75 Å². The molecule has 0 bridgehead atoms. The Morgan fingerprint density at radius 2 is 2.26 bits per heavy atom. The van der Waals surface area contributed by atoms with Gasteiger partial charge in [-0.15, -0.1) is 11.3 Å².